The number of amides is 2. The number of ether oxygens (including phenoxy) is 2. The summed E-state index contributed by atoms with van der Waals surface area (Å²) >= 11 is 0. The second-order valence-electron chi connectivity index (χ2n) is 9.06. The van der Waals surface area contributed by atoms with E-state index in [1.165, 1.54) is 12.1 Å². The number of benzene rings is 4. The van der Waals surface area contributed by atoms with E-state index in [2.05, 4.69) is 5.32 Å². The van der Waals surface area contributed by atoms with Gasteiger partial charge in [0.1, 0.15) is 17.3 Å². The summed E-state index contributed by atoms with van der Waals surface area (Å²) in [6.45, 7) is 0.201. The summed E-state index contributed by atoms with van der Waals surface area (Å²) in [7, 11) is 3.15. The summed E-state index contributed by atoms with van der Waals surface area (Å²) in [6.07, 6.45) is 0. The van der Waals surface area contributed by atoms with Crippen molar-refractivity contribution >= 4 is 17.5 Å². The molecule has 1 heterocycles. The summed E-state index contributed by atoms with van der Waals surface area (Å²) in [5, 5.41) is 3.03. The molecule has 0 saturated carbocycles. The van der Waals surface area contributed by atoms with Gasteiger partial charge >= 0.3 is 0 Å². The van der Waals surface area contributed by atoms with Crippen molar-refractivity contribution in [3.63, 3.8) is 0 Å². The Hall–Kier alpha value is -4.65. The minimum Gasteiger partial charge on any atom is -0.497 e. The molecule has 4 aromatic carbocycles. The molecular weight excluding hydrogens is 483 g/mol. The van der Waals surface area contributed by atoms with Gasteiger partial charge in [-0.05, 0) is 59.2 Å². The molecule has 0 radical (unpaired) electrons. The topological polar surface area (TPSA) is 67.9 Å². The lowest BCUT2D eigenvalue weighted by molar-refractivity contribution is -0.119. The van der Waals surface area contributed by atoms with Gasteiger partial charge in [0.15, 0.2) is 0 Å². The smallest absolute Gasteiger partial charge is 0.255 e. The van der Waals surface area contributed by atoms with Crippen LogP contribution in [-0.4, -0.2) is 30.9 Å². The van der Waals surface area contributed by atoms with Gasteiger partial charge in [-0.2, -0.15) is 0 Å². The number of rotatable bonds is 7. The van der Waals surface area contributed by atoms with Crippen molar-refractivity contribution < 1.29 is 23.5 Å². The molecule has 1 aliphatic heterocycles. The van der Waals surface area contributed by atoms with Crippen LogP contribution in [0.15, 0.2) is 97.1 Å². The number of hydrogen-bond acceptors (Lipinski definition) is 4. The lowest BCUT2D eigenvalue weighted by atomic mass is 9.79. The maximum absolute atomic E-state index is 14.0. The Labute approximate surface area is 220 Å². The summed E-state index contributed by atoms with van der Waals surface area (Å²) in [6, 6.07) is 27.1. The molecule has 0 bridgehead atoms. The highest BCUT2D eigenvalue weighted by Crippen LogP contribution is 2.44. The number of hydrogen-bond donors (Lipinski definition) is 1. The quantitative estimate of drug-likeness (QED) is 0.333. The zero-order chi connectivity index (χ0) is 26.6. The second-order valence-corrected chi connectivity index (χ2v) is 9.06. The van der Waals surface area contributed by atoms with E-state index in [1.54, 1.807) is 67.7 Å². The Morgan fingerprint density at radius 2 is 1.58 bits per heavy atom. The molecule has 0 aliphatic carbocycles. The zero-order valence-corrected chi connectivity index (χ0v) is 21.1. The highest BCUT2D eigenvalue weighted by molar-refractivity contribution is 6.04. The first-order valence-electron chi connectivity index (χ1n) is 12.2. The fraction of sp³-hybridized carbons (Fsp3) is 0.161. The average molecular weight is 511 g/mol. The number of methoxy groups -OCH3 is 2. The number of carbonyl (C=O) groups excluding carboxylic acids is 2. The molecule has 2 amide bonds. The van der Waals surface area contributed by atoms with Crippen molar-refractivity contribution in [2.45, 2.75) is 18.5 Å². The van der Waals surface area contributed by atoms with Gasteiger partial charge in [-0.15, -0.1) is 0 Å². The molecule has 0 aromatic heterocycles. The summed E-state index contributed by atoms with van der Waals surface area (Å²) in [5.41, 5.74) is 3.23. The van der Waals surface area contributed by atoms with Gasteiger partial charge < -0.3 is 19.7 Å². The molecule has 6 nitrogen and oxygen atoms in total. The standard InChI is InChI=1S/C31H27FN2O4/c1-37-24-16-12-21(13-17-24)29-28(30(35)33-23-6-5-7-25(18-23)38-2)26-8-3-4-9-27(26)31(36)34(29)19-20-10-14-22(32)15-11-20/h3-18,28-29H,19H2,1-2H3,(H,33,35)/t28-,29-/m0/s1. The number of fused-ring (bicyclic) bond motifs is 1. The molecule has 2 atom stereocenters. The third-order valence-corrected chi connectivity index (χ3v) is 6.78. The Morgan fingerprint density at radius 3 is 2.29 bits per heavy atom. The SMILES string of the molecule is COc1ccc([C@H]2[C@@H](C(=O)Nc3cccc(OC)c3)c3ccccc3C(=O)N2Cc2ccc(F)cc2)cc1. The van der Waals surface area contributed by atoms with Crippen molar-refractivity contribution in [3.8, 4) is 11.5 Å². The lowest BCUT2D eigenvalue weighted by Crippen LogP contribution is -2.45. The summed E-state index contributed by atoms with van der Waals surface area (Å²) < 4.78 is 24.3. The monoisotopic (exact) mass is 510 g/mol. The van der Waals surface area contributed by atoms with Crippen LogP contribution in [0, 0.1) is 5.82 Å². The first-order valence-corrected chi connectivity index (χ1v) is 12.2. The van der Waals surface area contributed by atoms with Crippen LogP contribution in [0.1, 0.15) is 39.0 Å². The molecule has 4 aromatic rings. The van der Waals surface area contributed by atoms with Gasteiger partial charge in [-0.3, -0.25) is 9.59 Å². The molecule has 0 spiro atoms. The third kappa shape index (κ3) is 4.95. The molecule has 0 fully saturated rings. The second kappa shape index (κ2) is 10.8. The van der Waals surface area contributed by atoms with Crippen molar-refractivity contribution in [1.82, 2.24) is 4.90 Å². The van der Waals surface area contributed by atoms with E-state index in [0.717, 1.165) is 11.1 Å². The number of nitrogens with zero attached hydrogens (tertiary/aromatic N) is 1. The van der Waals surface area contributed by atoms with Crippen LogP contribution in [0.2, 0.25) is 0 Å². The highest BCUT2D eigenvalue weighted by atomic mass is 19.1. The van der Waals surface area contributed by atoms with Gasteiger partial charge in [-0.25, -0.2) is 4.39 Å². The van der Waals surface area contributed by atoms with Crippen LogP contribution in [-0.2, 0) is 11.3 Å². The maximum atomic E-state index is 14.0. The van der Waals surface area contributed by atoms with E-state index in [1.807, 2.05) is 36.4 Å². The minimum absolute atomic E-state index is 0.198. The fourth-order valence-electron chi connectivity index (χ4n) is 4.93. The number of halogens is 1. The van der Waals surface area contributed by atoms with Crippen LogP contribution >= 0.6 is 0 Å². The molecular formula is C31H27FN2O4. The van der Waals surface area contributed by atoms with Gasteiger partial charge in [0, 0.05) is 23.9 Å². The average Bonchev–Trinajstić information content (AvgIpc) is 2.95. The molecule has 192 valence electrons. The maximum Gasteiger partial charge on any atom is 0.255 e. The van der Waals surface area contributed by atoms with Gasteiger partial charge in [0.25, 0.3) is 5.91 Å². The zero-order valence-electron chi connectivity index (χ0n) is 21.1. The molecule has 1 aliphatic rings. The molecule has 1 N–H and O–H groups in total. The largest absolute Gasteiger partial charge is 0.497 e. The van der Waals surface area contributed by atoms with Crippen LogP contribution in [0.4, 0.5) is 10.1 Å². The van der Waals surface area contributed by atoms with Crippen LogP contribution in [0.25, 0.3) is 0 Å². The predicted octanol–water partition coefficient (Wildman–Crippen LogP) is 5.96. The lowest BCUT2D eigenvalue weighted by Gasteiger charge is -2.42. The summed E-state index contributed by atoms with van der Waals surface area (Å²) in [5.74, 6) is -0.250. The van der Waals surface area contributed by atoms with Crippen molar-refractivity contribution in [3.05, 3.63) is 125 Å². The van der Waals surface area contributed by atoms with Crippen LogP contribution in [0.3, 0.4) is 0 Å². The van der Waals surface area contributed by atoms with E-state index in [0.29, 0.717) is 28.3 Å². The van der Waals surface area contributed by atoms with Gasteiger partial charge in [0.05, 0.1) is 26.2 Å². The van der Waals surface area contributed by atoms with Crippen LogP contribution < -0.4 is 14.8 Å². The summed E-state index contributed by atoms with van der Waals surface area (Å²) in [4.78, 5) is 29.6. The normalized spacial score (nSPS) is 16.5. The molecule has 7 heteroatoms. The molecule has 0 saturated heterocycles. The van der Waals surface area contributed by atoms with Crippen LogP contribution in [0.5, 0.6) is 11.5 Å². The Kier molecular flexibility index (Phi) is 7.09. The third-order valence-electron chi connectivity index (χ3n) is 6.78. The van der Waals surface area contributed by atoms with E-state index < -0.39 is 12.0 Å². The Morgan fingerprint density at radius 1 is 0.868 bits per heavy atom. The molecule has 0 unspecified atom stereocenters. The van der Waals surface area contributed by atoms with Crippen molar-refractivity contribution in [2.24, 2.45) is 0 Å². The number of carbonyl (C=O) groups is 2. The number of anilines is 1. The van der Waals surface area contributed by atoms with Gasteiger partial charge in [0.2, 0.25) is 5.91 Å². The van der Waals surface area contributed by atoms with Crippen molar-refractivity contribution in [1.29, 1.82) is 0 Å². The molecule has 5 rings (SSSR count). The first-order chi connectivity index (χ1) is 18.5. The Balaban J connectivity index is 1.62. The fourth-order valence-corrected chi connectivity index (χ4v) is 4.93. The van der Waals surface area contributed by atoms with E-state index >= 15 is 0 Å². The number of nitrogens with one attached hydrogen (secondary N) is 1. The minimum atomic E-state index is -0.719. The van der Waals surface area contributed by atoms with E-state index in [9.17, 15) is 14.0 Å². The van der Waals surface area contributed by atoms with Crippen molar-refractivity contribution in [2.75, 3.05) is 19.5 Å². The highest BCUT2D eigenvalue weighted by Gasteiger charge is 2.44. The van der Waals surface area contributed by atoms with E-state index in [-0.39, 0.29) is 24.2 Å². The van der Waals surface area contributed by atoms with E-state index in [4.69, 9.17) is 9.47 Å². The molecule has 38 heavy (non-hydrogen) atoms. The first kappa shape index (κ1) is 25.0. The Bertz CT molecular complexity index is 1450. The van der Waals surface area contributed by atoms with Gasteiger partial charge in [-0.1, -0.05) is 48.5 Å². The predicted molar refractivity (Wildman–Crippen MR) is 143 cm³/mol.